The summed E-state index contributed by atoms with van der Waals surface area (Å²) >= 11 is 0. The molecule has 0 aliphatic carbocycles. The second kappa shape index (κ2) is 9.35. The van der Waals surface area contributed by atoms with Gasteiger partial charge in [-0.3, -0.25) is 14.4 Å². The molecular formula is C21H24N6O5. The molecule has 1 aromatic carbocycles. The van der Waals surface area contributed by atoms with Crippen LogP contribution in [-0.2, 0) is 25.7 Å². The Labute approximate surface area is 183 Å². The number of nitrogens with two attached hydrogens (primary N) is 2. The van der Waals surface area contributed by atoms with Crippen LogP contribution in [0.3, 0.4) is 0 Å². The molecule has 1 aliphatic rings. The van der Waals surface area contributed by atoms with E-state index >= 15 is 0 Å². The fourth-order valence-electron chi connectivity index (χ4n) is 3.33. The number of carbonyl (C=O) groups is 4. The number of urea groups is 1. The predicted molar refractivity (Wildman–Crippen MR) is 118 cm³/mol. The van der Waals surface area contributed by atoms with Crippen molar-refractivity contribution in [2.45, 2.75) is 25.9 Å². The van der Waals surface area contributed by atoms with Crippen molar-refractivity contribution in [3.63, 3.8) is 0 Å². The molecule has 1 aromatic heterocycles. The summed E-state index contributed by atoms with van der Waals surface area (Å²) in [6.07, 6.45) is 1.48. The number of anilines is 2. The monoisotopic (exact) mass is 440 g/mol. The Balaban J connectivity index is 1.76. The zero-order valence-electron chi connectivity index (χ0n) is 17.6. The van der Waals surface area contributed by atoms with Gasteiger partial charge >= 0.3 is 12.0 Å². The van der Waals surface area contributed by atoms with Gasteiger partial charge in [-0.1, -0.05) is 0 Å². The minimum Gasteiger partial charge on any atom is -0.469 e. The van der Waals surface area contributed by atoms with Crippen molar-refractivity contribution in [3.8, 4) is 0 Å². The van der Waals surface area contributed by atoms with Crippen molar-refractivity contribution < 1.29 is 23.9 Å². The lowest BCUT2D eigenvalue weighted by Gasteiger charge is -2.10. The van der Waals surface area contributed by atoms with E-state index in [1.807, 2.05) is 0 Å². The van der Waals surface area contributed by atoms with Crippen LogP contribution in [0.5, 0.6) is 0 Å². The maximum atomic E-state index is 12.6. The Morgan fingerprint density at radius 1 is 1.22 bits per heavy atom. The lowest BCUT2D eigenvalue weighted by atomic mass is 9.99. The van der Waals surface area contributed by atoms with Crippen LogP contribution in [0.4, 0.5) is 16.2 Å². The molecule has 0 spiro atoms. The second-order valence-corrected chi connectivity index (χ2v) is 7.23. The molecule has 1 aliphatic heterocycles. The Bertz CT molecular complexity index is 1120. The molecule has 168 valence electrons. The van der Waals surface area contributed by atoms with E-state index in [4.69, 9.17) is 11.5 Å². The van der Waals surface area contributed by atoms with Gasteiger partial charge in [0.15, 0.2) is 0 Å². The summed E-state index contributed by atoms with van der Waals surface area (Å²) in [4.78, 5) is 50.1. The standard InChI is InChI=1S/C21H24N6O5/c1-10(18-13-6-12(26-21(23)31)3-4-15(13)27-20(18)30)16-5-11(8-24-16)9-25-19(29)14(22)7-17(28)32-2/h3-6,8,14,24H,7,9,22H2,1-2H3,(H,25,29)(H,27,30)(H3,23,26,31)/b18-10-. The lowest BCUT2D eigenvalue weighted by Crippen LogP contribution is -2.41. The van der Waals surface area contributed by atoms with Gasteiger partial charge in [-0.15, -0.1) is 0 Å². The average Bonchev–Trinajstić information content (AvgIpc) is 3.34. The van der Waals surface area contributed by atoms with Gasteiger partial charge in [-0.25, -0.2) is 4.79 Å². The molecule has 0 fully saturated rings. The van der Waals surface area contributed by atoms with Crippen LogP contribution in [0.15, 0.2) is 30.5 Å². The van der Waals surface area contributed by atoms with Crippen LogP contribution in [0.2, 0.25) is 0 Å². The maximum Gasteiger partial charge on any atom is 0.316 e. The number of primary amides is 1. The van der Waals surface area contributed by atoms with E-state index in [1.54, 1.807) is 37.4 Å². The zero-order chi connectivity index (χ0) is 23.4. The van der Waals surface area contributed by atoms with Gasteiger partial charge in [0.2, 0.25) is 5.91 Å². The van der Waals surface area contributed by atoms with Crippen molar-refractivity contribution in [1.82, 2.24) is 10.3 Å². The predicted octanol–water partition coefficient (Wildman–Crippen LogP) is 0.895. The number of benzene rings is 1. The Morgan fingerprint density at radius 3 is 2.66 bits per heavy atom. The first-order valence-electron chi connectivity index (χ1n) is 9.70. The highest BCUT2D eigenvalue weighted by atomic mass is 16.5. The summed E-state index contributed by atoms with van der Waals surface area (Å²) in [5.41, 5.74) is 15.2. The molecule has 0 saturated heterocycles. The number of aromatic nitrogens is 1. The van der Waals surface area contributed by atoms with Crippen LogP contribution in [0.25, 0.3) is 11.1 Å². The van der Waals surface area contributed by atoms with Crippen molar-refractivity contribution in [1.29, 1.82) is 0 Å². The average molecular weight is 440 g/mol. The zero-order valence-corrected chi connectivity index (χ0v) is 17.6. The lowest BCUT2D eigenvalue weighted by molar-refractivity contribution is -0.142. The maximum absolute atomic E-state index is 12.6. The number of carbonyl (C=O) groups excluding carboxylic acids is 4. The summed E-state index contributed by atoms with van der Waals surface area (Å²) in [5, 5.41) is 7.95. The van der Waals surface area contributed by atoms with Gasteiger partial charge in [0, 0.05) is 35.4 Å². The number of methoxy groups -OCH3 is 1. The highest BCUT2D eigenvalue weighted by Crippen LogP contribution is 2.38. The molecular weight excluding hydrogens is 416 g/mol. The van der Waals surface area contributed by atoms with Gasteiger partial charge < -0.3 is 37.1 Å². The highest BCUT2D eigenvalue weighted by molar-refractivity contribution is 6.36. The minimum atomic E-state index is -1.01. The Hall–Kier alpha value is -4.12. The molecule has 0 bridgehead atoms. The van der Waals surface area contributed by atoms with E-state index in [-0.39, 0.29) is 18.9 Å². The van der Waals surface area contributed by atoms with Crippen LogP contribution in [0.1, 0.15) is 30.2 Å². The first-order valence-corrected chi connectivity index (χ1v) is 9.70. The normalized spacial score (nSPS) is 14.8. The molecule has 11 nitrogen and oxygen atoms in total. The number of aromatic amines is 1. The molecule has 2 heterocycles. The van der Waals surface area contributed by atoms with Gasteiger partial charge in [0.05, 0.1) is 25.1 Å². The summed E-state index contributed by atoms with van der Waals surface area (Å²) < 4.78 is 4.50. The van der Waals surface area contributed by atoms with Crippen molar-refractivity contribution in [2.75, 3.05) is 17.7 Å². The van der Waals surface area contributed by atoms with E-state index < -0.39 is 23.9 Å². The van der Waals surface area contributed by atoms with Gasteiger partial charge in [-0.2, -0.15) is 0 Å². The number of H-pyrrole nitrogens is 1. The Kier molecular flexibility index (Phi) is 6.59. The molecule has 3 rings (SSSR count). The number of amides is 4. The van der Waals surface area contributed by atoms with Crippen LogP contribution >= 0.6 is 0 Å². The van der Waals surface area contributed by atoms with Gasteiger partial charge in [0.25, 0.3) is 5.91 Å². The molecule has 4 amide bonds. The number of ether oxygens (including phenoxy) is 1. The number of esters is 1. The number of rotatable bonds is 7. The molecule has 0 saturated carbocycles. The fraction of sp³-hybridized carbons (Fsp3) is 0.238. The summed E-state index contributed by atoms with van der Waals surface area (Å²) in [6.45, 7) is 1.97. The number of hydrogen-bond acceptors (Lipinski definition) is 6. The molecule has 0 radical (unpaired) electrons. The first kappa shape index (κ1) is 22.6. The van der Waals surface area contributed by atoms with Crippen molar-refractivity contribution in [2.24, 2.45) is 11.5 Å². The summed E-state index contributed by atoms with van der Waals surface area (Å²) in [7, 11) is 1.23. The van der Waals surface area contributed by atoms with Crippen LogP contribution < -0.4 is 27.4 Å². The van der Waals surface area contributed by atoms with Crippen molar-refractivity contribution in [3.05, 3.63) is 47.3 Å². The molecule has 32 heavy (non-hydrogen) atoms. The third-order valence-electron chi connectivity index (χ3n) is 4.97. The SMILES string of the molecule is COC(=O)CC(N)C(=O)NCc1c[nH]c(/C(C)=C2\C(=O)Nc3ccc(NC(N)=O)cc32)c1. The quantitative estimate of drug-likeness (QED) is 0.275. The molecule has 2 aromatic rings. The number of nitrogens with one attached hydrogen (secondary N) is 4. The highest BCUT2D eigenvalue weighted by Gasteiger charge is 2.27. The van der Waals surface area contributed by atoms with E-state index in [0.29, 0.717) is 33.8 Å². The third kappa shape index (κ3) is 4.95. The van der Waals surface area contributed by atoms with Gasteiger partial charge in [0.1, 0.15) is 0 Å². The minimum absolute atomic E-state index is 0.183. The smallest absolute Gasteiger partial charge is 0.316 e. The van der Waals surface area contributed by atoms with E-state index in [1.165, 1.54) is 7.11 Å². The summed E-state index contributed by atoms with van der Waals surface area (Å²) in [5.74, 6) is -1.32. The number of hydrogen-bond donors (Lipinski definition) is 6. The molecule has 1 atom stereocenters. The van der Waals surface area contributed by atoms with E-state index in [0.717, 1.165) is 5.56 Å². The molecule has 1 unspecified atom stereocenters. The molecule has 11 heteroatoms. The fourth-order valence-corrected chi connectivity index (χ4v) is 3.33. The van der Waals surface area contributed by atoms with Crippen LogP contribution in [-0.4, -0.2) is 42.0 Å². The topological polar surface area (TPSA) is 181 Å². The second-order valence-electron chi connectivity index (χ2n) is 7.23. The third-order valence-corrected chi connectivity index (χ3v) is 4.97. The largest absolute Gasteiger partial charge is 0.469 e. The molecule has 8 N–H and O–H groups in total. The number of allylic oxidation sites excluding steroid dienone is 1. The Morgan fingerprint density at radius 2 is 1.97 bits per heavy atom. The first-order chi connectivity index (χ1) is 15.2. The van der Waals surface area contributed by atoms with Crippen molar-refractivity contribution >= 4 is 46.3 Å². The van der Waals surface area contributed by atoms with E-state index in [9.17, 15) is 19.2 Å². The van der Waals surface area contributed by atoms with Crippen LogP contribution in [0, 0.1) is 0 Å². The van der Waals surface area contributed by atoms with E-state index in [2.05, 4.69) is 25.7 Å². The summed E-state index contributed by atoms with van der Waals surface area (Å²) in [6, 6.07) is 5.09. The number of fused-ring (bicyclic) bond motifs is 1. The van der Waals surface area contributed by atoms with Gasteiger partial charge in [-0.05, 0) is 42.3 Å².